The van der Waals surface area contributed by atoms with Crippen LogP contribution >= 0.6 is 0 Å². The maximum atomic E-state index is 13.5. The number of benzene rings is 1. The molecule has 0 unspecified atom stereocenters. The van der Waals surface area contributed by atoms with Crippen molar-refractivity contribution >= 4 is 17.8 Å². The highest BCUT2D eigenvalue weighted by Crippen LogP contribution is 2.47. The van der Waals surface area contributed by atoms with Crippen molar-refractivity contribution in [2.45, 2.75) is 86.8 Å². The summed E-state index contributed by atoms with van der Waals surface area (Å²) in [5.74, 6) is 0.101. The summed E-state index contributed by atoms with van der Waals surface area (Å²) in [4.78, 5) is 20.6. The minimum Gasteiger partial charge on any atom is -0.390 e. The second-order valence-electron chi connectivity index (χ2n) is 12.8. The van der Waals surface area contributed by atoms with Crippen LogP contribution in [-0.2, 0) is 10.2 Å². The van der Waals surface area contributed by atoms with Gasteiger partial charge in [0.05, 0.1) is 11.2 Å². The zero-order chi connectivity index (χ0) is 26.7. The minimum absolute atomic E-state index is 0.0809. The van der Waals surface area contributed by atoms with Crippen LogP contribution in [0.15, 0.2) is 36.5 Å². The molecule has 2 aliphatic heterocycles. The largest absolute Gasteiger partial charge is 0.390 e. The minimum atomic E-state index is -0.534. The van der Waals surface area contributed by atoms with Crippen molar-refractivity contribution in [1.82, 2.24) is 15.2 Å². The van der Waals surface area contributed by atoms with Crippen LogP contribution in [0.5, 0.6) is 0 Å². The Morgan fingerprint density at radius 3 is 2.44 bits per heavy atom. The Morgan fingerprint density at radius 1 is 1.00 bits per heavy atom. The number of nitrogen functional groups attached to an aromatic ring is 1. The van der Waals surface area contributed by atoms with Crippen molar-refractivity contribution in [2.24, 2.45) is 0 Å². The molecule has 4 N–H and O–H groups in total. The second kappa shape index (κ2) is 9.43. The van der Waals surface area contributed by atoms with Crippen LogP contribution < -0.4 is 11.1 Å². The van der Waals surface area contributed by atoms with Gasteiger partial charge in [0.2, 0.25) is 0 Å². The predicted molar refractivity (Wildman–Crippen MR) is 152 cm³/mol. The Bertz CT molecular complexity index is 1280. The van der Waals surface area contributed by atoms with Gasteiger partial charge in [0.25, 0.3) is 5.91 Å². The van der Waals surface area contributed by atoms with E-state index in [2.05, 4.69) is 45.6 Å². The average molecular weight is 529 g/mol. The SMILES string of the molecule is Nc1ncc(-c2ccc3c(c2)C2(C=C3)CCN(C3CCOCC3)CC2)cc1C(=O)NC12CCC(O)(CC1)CC2. The summed E-state index contributed by atoms with van der Waals surface area (Å²) in [7, 11) is 0. The number of aliphatic hydroxyl groups is 1. The van der Waals surface area contributed by atoms with E-state index in [0.717, 1.165) is 102 Å². The lowest BCUT2D eigenvalue weighted by Crippen LogP contribution is -2.58. The molecule has 0 radical (unpaired) electrons. The van der Waals surface area contributed by atoms with Gasteiger partial charge in [-0.2, -0.15) is 0 Å². The maximum Gasteiger partial charge on any atom is 0.255 e. The van der Waals surface area contributed by atoms with E-state index < -0.39 is 5.60 Å². The molecule has 2 bridgehead atoms. The number of pyridine rings is 1. The summed E-state index contributed by atoms with van der Waals surface area (Å²) in [5, 5.41) is 13.9. The number of fused-ring (bicyclic) bond motifs is 5. The van der Waals surface area contributed by atoms with E-state index in [1.165, 1.54) is 11.1 Å². The Kier molecular flexibility index (Phi) is 6.10. The first-order chi connectivity index (χ1) is 18.9. The van der Waals surface area contributed by atoms with Crippen molar-refractivity contribution in [3.8, 4) is 11.1 Å². The molecule has 7 heteroatoms. The fourth-order valence-corrected chi connectivity index (χ4v) is 7.90. The summed E-state index contributed by atoms with van der Waals surface area (Å²) in [6.07, 6.45) is 15.7. The lowest BCUT2D eigenvalue weighted by molar-refractivity contribution is -0.0702. The lowest BCUT2D eigenvalue weighted by Gasteiger charge is -2.51. The first-order valence-corrected chi connectivity index (χ1v) is 14.8. The van der Waals surface area contributed by atoms with E-state index in [1.807, 2.05) is 6.07 Å². The van der Waals surface area contributed by atoms with Gasteiger partial charge in [-0.3, -0.25) is 4.79 Å². The molecule has 8 rings (SSSR count). The molecule has 1 amide bonds. The molecule has 5 fully saturated rings. The maximum absolute atomic E-state index is 13.5. The van der Waals surface area contributed by atoms with Gasteiger partial charge in [0.15, 0.2) is 0 Å². The number of likely N-dealkylation sites (tertiary alicyclic amines) is 1. The van der Waals surface area contributed by atoms with Crippen molar-refractivity contribution in [3.63, 3.8) is 0 Å². The van der Waals surface area contributed by atoms with Crippen molar-refractivity contribution in [1.29, 1.82) is 0 Å². The number of amides is 1. The standard InChI is InChI=1S/C32H40N4O3/c33-28-26(29(37)35-31-7-10-32(38,11-8-31)12-9-31)19-24(21-34-28)23-2-1-22-3-6-30(27(22)20-23)13-15-36(16-14-30)25-4-17-39-18-5-25/h1-3,6,19-21,25,38H,4-5,7-18H2,(H2,33,34)(H,35,37). The molecule has 39 heavy (non-hydrogen) atoms. The molecule has 1 aromatic heterocycles. The smallest absolute Gasteiger partial charge is 0.255 e. The Labute approximate surface area is 230 Å². The van der Waals surface area contributed by atoms with E-state index in [4.69, 9.17) is 10.5 Å². The van der Waals surface area contributed by atoms with Crippen LogP contribution in [0.2, 0.25) is 0 Å². The van der Waals surface area contributed by atoms with Crippen LogP contribution in [-0.4, -0.2) is 64.4 Å². The molecule has 3 heterocycles. The molecular formula is C32H40N4O3. The molecule has 6 aliphatic rings. The zero-order valence-corrected chi connectivity index (χ0v) is 22.8. The fourth-order valence-electron chi connectivity index (χ4n) is 7.90. The summed E-state index contributed by atoms with van der Waals surface area (Å²) in [5.41, 5.74) is 10.7. The quantitative estimate of drug-likeness (QED) is 0.543. The van der Waals surface area contributed by atoms with E-state index >= 15 is 0 Å². The summed E-state index contributed by atoms with van der Waals surface area (Å²) in [6.45, 7) is 4.01. The highest BCUT2D eigenvalue weighted by molar-refractivity contribution is 6.00. The molecule has 7 nitrogen and oxygen atoms in total. The summed E-state index contributed by atoms with van der Waals surface area (Å²) in [6, 6.07) is 9.22. The van der Waals surface area contributed by atoms with E-state index in [1.54, 1.807) is 6.20 Å². The Hall–Kier alpha value is -2.74. The number of hydrogen-bond acceptors (Lipinski definition) is 6. The molecule has 1 spiro atoms. The number of anilines is 1. The molecule has 2 saturated heterocycles. The number of allylic oxidation sites excluding steroid dienone is 1. The molecule has 206 valence electrons. The van der Waals surface area contributed by atoms with Gasteiger partial charge >= 0.3 is 0 Å². The second-order valence-corrected chi connectivity index (χ2v) is 12.8. The van der Waals surface area contributed by atoms with E-state index in [9.17, 15) is 9.90 Å². The van der Waals surface area contributed by atoms with Gasteiger partial charge in [-0.25, -0.2) is 4.98 Å². The van der Waals surface area contributed by atoms with Crippen LogP contribution in [0, 0.1) is 0 Å². The molecular weight excluding hydrogens is 488 g/mol. The number of nitrogens with one attached hydrogen (secondary N) is 1. The van der Waals surface area contributed by atoms with Crippen LogP contribution in [0.25, 0.3) is 17.2 Å². The third-order valence-corrected chi connectivity index (χ3v) is 10.7. The third-order valence-electron chi connectivity index (χ3n) is 10.7. The van der Waals surface area contributed by atoms with Gasteiger partial charge in [-0.1, -0.05) is 24.3 Å². The highest BCUT2D eigenvalue weighted by Gasteiger charge is 2.48. The number of hydrogen-bond donors (Lipinski definition) is 3. The number of carbonyl (C=O) groups excluding carboxylic acids is 1. The average Bonchev–Trinajstić information content (AvgIpc) is 3.32. The molecule has 0 atom stereocenters. The number of nitrogens with zero attached hydrogens (tertiary/aromatic N) is 2. The monoisotopic (exact) mass is 528 g/mol. The summed E-state index contributed by atoms with van der Waals surface area (Å²) >= 11 is 0. The predicted octanol–water partition coefficient (Wildman–Crippen LogP) is 4.44. The van der Waals surface area contributed by atoms with Crippen LogP contribution in [0.3, 0.4) is 0 Å². The van der Waals surface area contributed by atoms with Crippen molar-refractivity contribution in [3.05, 3.63) is 53.2 Å². The number of aromatic nitrogens is 1. The number of rotatable bonds is 4. The molecule has 1 aromatic carbocycles. The number of carbonyl (C=O) groups is 1. The van der Waals surface area contributed by atoms with Crippen LogP contribution in [0.4, 0.5) is 5.82 Å². The Balaban J connectivity index is 1.11. The van der Waals surface area contributed by atoms with Gasteiger partial charge in [-0.05, 0) is 106 Å². The third kappa shape index (κ3) is 4.48. The molecule has 3 saturated carbocycles. The number of ether oxygens (including phenoxy) is 1. The van der Waals surface area contributed by atoms with Gasteiger partial charge in [0.1, 0.15) is 5.82 Å². The lowest BCUT2D eigenvalue weighted by atomic mass is 9.63. The van der Waals surface area contributed by atoms with Gasteiger partial charge < -0.3 is 25.8 Å². The number of piperidine rings is 1. The van der Waals surface area contributed by atoms with Crippen molar-refractivity contribution < 1.29 is 14.6 Å². The normalized spacial score (nSPS) is 30.0. The number of nitrogens with two attached hydrogens (primary N) is 1. The zero-order valence-electron chi connectivity index (χ0n) is 22.8. The highest BCUT2D eigenvalue weighted by atomic mass is 16.5. The van der Waals surface area contributed by atoms with E-state index in [-0.39, 0.29) is 22.7 Å². The van der Waals surface area contributed by atoms with E-state index in [0.29, 0.717) is 11.6 Å². The fraction of sp³-hybridized carbons (Fsp3) is 0.562. The van der Waals surface area contributed by atoms with Gasteiger partial charge in [-0.15, -0.1) is 0 Å². The molecule has 4 aliphatic carbocycles. The van der Waals surface area contributed by atoms with Crippen molar-refractivity contribution in [2.75, 3.05) is 32.0 Å². The first-order valence-electron chi connectivity index (χ1n) is 14.8. The molecule has 2 aromatic rings. The van der Waals surface area contributed by atoms with Gasteiger partial charge in [0, 0.05) is 42.0 Å². The topological polar surface area (TPSA) is 101 Å². The summed E-state index contributed by atoms with van der Waals surface area (Å²) < 4.78 is 5.59. The first kappa shape index (κ1) is 25.2. The Morgan fingerprint density at radius 2 is 1.72 bits per heavy atom. The van der Waals surface area contributed by atoms with Crippen LogP contribution in [0.1, 0.15) is 85.7 Å².